The molecule has 2 aromatic carbocycles. The van der Waals surface area contributed by atoms with Gasteiger partial charge in [0.15, 0.2) is 11.8 Å². The third kappa shape index (κ3) is 7.61. The zero-order chi connectivity index (χ0) is 25.0. The number of benzene rings is 2. The average molecular weight is 717 g/mol. The molecular weight excluding hydrogens is 675 g/mol. The Labute approximate surface area is 271 Å². The fraction of sp³-hybridized carbons (Fsp3) is 0.576. The number of nitrogens with zero attached hydrogens (tertiary/aromatic N) is 2. The van der Waals surface area contributed by atoms with Crippen molar-refractivity contribution in [3.8, 4) is 0 Å². The molecule has 2 fully saturated rings. The van der Waals surface area contributed by atoms with Gasteiger partial charge in [-0.15, -0.1) is 0 Å². The van der Waals surface area contributed by atoms with Gasteiger partial charge in [0.1, 0.15) is 11.2 Å². The second kappa shape index (κ2) is 15.3. The van der Waals surface area contributed by atoms with Crippen molar-refractivity contribution in [2.24, 2.45) is 9.98 Å². The monoisotopic (exact) mass is 714 g/mol. The molecule has 220 valence electrons. The quantitative estimate of drug-likeness (QED) is 0.428. The Balaban J connectivity index is 0.00000147. The fourth-order valence-electron chi connectivity index (χ4n) is 7.20. The molecule has 2 spiro atoms. The topological polar surface area (TPSA) is 43.2 Å². The number of hydrogen-bond donors (Lipinski definition) is 0. The molecule has 0 N–H and O–H groups in total. The standard InChI is InChI=1S/C33H42N2O2.2BrH.Ni/c1-2-12-20-32(19-11-1)28(23-26-15-7-5-8-16-26)34-30(36-32)25-31-35-29(24-27-17-9-6-10-18-27)33(37-31)21-13-3-4-14-22-33;;;/h5-10,15-18,28-29H,1-4,11-14,19-25H2;2*1H;/q;;;+2/p-2/t28-,29-;;;/m1.../s1. The molecule has 40 heavy (non-hydrogen) atoms. The van der Waals surface area contributed by atoms with Crippen molar-refractivity contribution in [2.45, 2.75) is 120 Å². The predicted molar refractivity (Wildman–Crippen MR) is 150 cm³/mol. The molecular formula is C33H42Br2N2NiO2. The molecule has 0 amide bonds. The summed E-state index contributed by atoms with van der Waals surface area (Å²) < 4.78 is 13.7. The van der Waals surface area contributed by atoms with Gasteiger partial charge in [-0.25, -0.2) is 9.98 Å². The van der Waals surface area contributed by atoms with E-state index in [9.17, 15) is 0 Å². The van der Waals surface area contributed by atoms with Gasteiger partial charge in [-0.05, 0) is 75.3 Å². The van der Waals surface area contributed by atoms with Gasteiger partial charge in [0.2, 0.25) is 0 Å². The average Bonchev–Trinajstić information content (AvgIpc) is 3.17. The van der Waals surface area contributed by atoms with Gasteiger partial charge in [-0.1, -0.05) is 86.3 Å². The minimum absolute atomic E-state index is 0. The zero-order valence-electron chi connectivity index (χ0n) is 23.3. The van der Waals surface area contributed by atoms with Crippen molar-refractivity contribution in [1.82, 2.24) is 0 Å². The number of ether oxygens (including phenoxy) is 2. The van der Waals surface area contributed by atoms with Crippen molar-refractivity contribution in [3.63, 3.8) is 0 Å². The van der Waals surface area contributed by atoms with Gasteiger partial charge >= 0.3 is 16.5 Å². The van der Waals surface area contributed by atoms with Crippen LogP contribution in [-0.4, -0.2) is 35.1 Å². The molecule has 0 aromatic heterocycles. The van der Waals surface area contributed by atoms with Gasteiger partial charge in [0.05, 0.1) is 18.5 Å². The molecule has 0 radical (unpaired) electrons. The third-order valence-corrected chi connectivity index (χ3v) is 9.20. The Kier molecular flexibility index (Phi) is 12.8. The van der Waals surface area contributed by atoms with Gasteiger partial charge in [-0.2, -0.15) is 0 Å². The molecule has 2 aliphatic heterocycles. The molecule has 2 saturated carbocycles. The SMILES string of the molecule is [Br-].[Br-].[Ni+2].c1ccc(C[C@H]2N=C(CC3=N[C@H](Cc4ccccc4)C4(CCCCCC4)O3)OC23CCCCCC3)cc1. The second-order valence-corrected chi connectivity index (χ2v) is 11.8. The second-order valence-electron chi connectivity index (χ2n) is 11.8. The van der Waals surface area contributed by atoms with Crippen LogP contribution in [0.5, 0.6) is 0 Å². The van der Waals surface area contributed by atoms with E-state index in [1.165, 1.54) is 62.5 Å². The van der Waals surface area contributed by atoms with E-state index in [4.69, 9.17) is 19.5 Å². The largest absolute Gasteiger partial charge is 2.00 e. The maximum atomic E-state index is 6.86. The van der Waals surface area contributed by atoms with Crippen molar-refractivity contribution in [3.05, 3.63) is 71.8 Å². The van der Waals surface area contributed by atoms with E-state index < -0.39 is 0 Å². The third-order valence-electron chi connectivity index (χ3n) is 9.20. The molecule has 0 bridgehead atoms. The van der Waals surface area contributed by atoms with E-state index in [1.54, 1.807) is 0 Å². The number of rotatable bonds is 6. The molecule has 4 aliphatic rings. The Hall–Kier alpha value is -1.17. The van der Waals surface area contributed by atoms with Crippen LogP contribution in [0.4, 0.5) is 0 Å². The summed E-state index contributed by atoms with van der Waals surface area (Å²) in [4.78, 5) is 10.5. The molecule has 6 rings (SSSR count). The Bertz CT molecular complexity index is 1010. The van der Waals surface area contributed by atoms with Crippen LogP contribution in [0.3, 0.4) is 0 Å². The first kappa shape index (κ1) is 33.3. The zero-order valence-corrected chi connectivity index (χ0v) is 27.5. The van der Waals surface area contributed by atoms with Crippen molar-refractivity contribution in [2.75, 3.05) is 0 Å². The normalized spacial score (nSPS) is 24.6. The number of aliphatic imine (C=N–C) groups is 2. The maximum Gasteiger partial charge on any atom is 2.00 e. The Morgan fingerprint density at radius 1 is 0.550 bits per heavy atom. The summed E-state index contributed by atoms with van der Waals surface area (Å²) in [6.07, 6.45) is 17.0. The summed E-state index contributed by atoms with van der Waals surface area (Å²) in [6, 6.07) is 22.0. The molecule has 2 atom stereocenters. The smallest absolute Gasteiger partial charge is 1.00 e. The fourth-order valence-corrected chi connectivity index (χ4v) is 7.20. The van der Waals surface area contributed by atoms with Gasteiger partial charge in [0, 0.05) is 0 Å². The van der Waals surface area contributed by atoms with Crippen molar-refractivity contribution in [1.29, 1.82) is 0 Å². The molecule has 2 aromatic rings. The molecule has 2 heterocycles. The van der Waals surface area contributed by atoms with E-state index in [0.29, 0.717) is 6.42 Å². The van der Waals surface area contributed by atoms with Crippen LogP contribution in [0.1, 0.15) is 94.6 Å². The summed E-state index contributed by atoms with van der Waals surface area (Å²) in [5.74, 6) is 1.71. The molecule has 4 nitrogen and oxygen atoms in total. The number of hydrogen-bond acceptors (Lipinski definition) is 4. The van der Waals surface area contributed by atoms with Crippen molar-refractivity contribution >= 4 is 11.8 Å². The van der Waals surface area contributed by atoms with Crippen LogP contribution in [0.2, 0.25) is 0 Å². The number of halogens is 2. The summed E-state index contributed by atoms with van der Waals surface area (Å²) in [5, 5.41) is 0. The van der Waals surface area contributed by atoms with Gasteiger partial charge < -0.3 is 43.4 Å². The summed E-state index contributed by atoms with van der Waals surface area (Å²) in [7, 11) is 0. The molecule has 0 saturated heterocycles. The van der Waals surface area contributed by atoms with E-state index >= 15 is 0 Å². The van der Waals surface area contributed by atoms with Gasteiger partial charge in [-0.3, -0.25) is 0 Å². The summed E-state index contributed by atoms with van der Waals surface area (Å²) >= 11 is 0. The first-order valence-electron chi connectivity index (χ1n) is 14.8. The first-order chi connectivity index (χ1) is 18.2. The Morgan fingerprint density at radius 3 is 1.25 bits per heavy atom. The van der Waals surface area contributed by atoms with Crippen LogP contribution in [0.25, 0.3) is 0 Å². The van der Waals surface area contributed by atoms with Crippen LogP contribution < -0.4 is 34.0 Å². The van der Waals surface area contributed by atoms with E-state index in [2.05, 4.69) is 60.7 Å². The molecule has 0 unspecified atom stereocenters. The maximum absolute atomic E-state index is 6.86. The minimum atomic E-state index is -0.162. The van der Waals surface area contributed by atoms with E-state index in [0.717, 1.165) is 50.3 Å². The van der Waals surface area contributed by atoms with E-state index in [1.807, 2.05) is 0 Å². The van der Waals surface area contributed by atoms with E-state index in [-0.39, 0.29) is 73.7 Å². The van der Waals surface area contributed by atoms with Crippen LogP contribution in [0, 0.1) is 0 Å². The molecule has 2 aliphatic carbocycles. The predicted octanol–water partition coefficient (Wildman–Crippen LogP) is 1.65. The summed E-state index contributed by atoms with van der Waals surface area (Å²) in [6.45, 7) is 0. The van der Waals surface area contributed by atoms with Crippen LogP contribution >= 0.6 is 0 Å². The Morgan fingerprint density at radius 2 is 0.900 bits per heavy atom. The first-order valence-corrected chi connectivity index (χ1v) is 14.8. The van der Waals surface area contributed by atoms with Crippen LogP contribution in [-0.2, 0) is 38.8 Å². The minimum Gasteiger partial charge on any atom is -1.00 e. The van der Waals surface area contributed by atoms with Crippen LogP contribution in [0.15, 0.2) is 70.6 Å². The summed E-state index contributed by atoms with van der Waals surface area (Å²) in [5.41, 5.74) is 2.37. The van der Waals surface area contributed by atoms with Crippen molar-refractivity contribution < 1.29 is 59.9 Å². The molecule has 7 heteroatoms. The van der Waals surface area contributed by atoms with Gasteiger partial charge in [0.25, 0.3) is 0 Å².